The third-order valence-electron chi connectivity index (χ3n) is 3.35. The number of amides is 1. The molecule has 1 unspecified atom stereocenters. The second-order valence-electron chi connectivity index (χ2n) is 4.71. The number of halogens is 1. The molecule has 0 aliphatic carbocycles. The maximum Gasteiger partial charge on any atom is 0.221 e. The van der Waals surface area contributed by atoms with E-state index in [2.05, 4.69) is 10.2 Å². The zero-order valence-corrected chi connectivity index (χ0v) is 12.5. The minimum Gasteiger partial charge on any atom is -0.495 e. The van der Waals surface area contributed by atoms with E-state index < -0.39 is 0 Å². The van der Waals surface area contributed by atoms with Crippen LogP contribution in [0.4, 0.5) is 5.69 Å². The van der Waals surface area contributed by atoms with Crippen molar-refractivity contribution in [3.05, 3.63) is 24.3 Å². The molecule has 0 radical (unpaired) electrons. The van der Waals surface area contributed by atoms with Crippen LogP contribution in [-0.4, -0.2) is 38.7 Å². The first-order chi connectivity index (χ1) is 9.24. The van der Waals surface area contributed by atoms with Gasteiger partial charge in [-0.25, -0.2) is 0 Å². The van der Waals surface area contributed by atoms with Gasteiger partial charge >= 0.3 is 0 Å². The smallest absolute Gasteiger partial charge is 0.221 e. The highest BCUT2D eigenvalue weighted by Gasteiger charge is 2.25. The number of rotatable bonds is 5. The van der Waals surface area contributed by atoms with Gasteiger partial charge in [0.05, 0.1) is 12.8 Å². The lowest BCUT2D eigenvalue weighted by atomic mass is 10.2. The molecule has 3 N–H and O–H groups in total. The Morgan fingerprint density at radius 2 is 2.25 bits per heavy atom. The number of para-hydroxylation sites is 2. The molecule has 1 amide bonds. The Bertz CT molecular complexity index is 442. The number of nitrogens with one attached hydrogen (secondary N) is 1. The SMILES string of the molecule is COc1ccccc1N1CCC(NC(=O)CCN)C1.Cl. The number of nitrogens with two attached hydrogens (primary N) is 1. The first kappa shape index (κ1) is 16.6. The Hall–Kier alpha value is -1.46. The highest BCUT2D eigenvalue weighted by atomic mass is 35.5. The van der Waals surface area contributed by atoms with E-state index in [0.717, 1.165) is 30.9 Å². The van der Waals surface area contributed by atoms with Crippen molar-refractivity contribution in [1.82, 2.24) is 5.32 Å². The van der Waals surface area contributed by atoms with Crippen LogP contribution in [0.15, 0.2) is 24.3 Å². The zero-order chi connectivity index (χ0) is 13.7. The minimum atomic E-state index is 0. The molecule has 1 aliphatic heterocycles. The Morgan fingerprint density at radius 1 is 1.50 bits per heavy atom. The van der Waals surface area contributed by atoms with Crippen molar-refractivity contribution in [2.24, 2.45) is 5.73 Å². The lowest BCUT2D eigenvalue weighted by Crippen LogP contribution is -2.37. The number of benzene rings is 1. The van der Waals surface area contributed by atoms with E-state index in [4.69, 9.17) is 10.5 Å². The summed E-state index contributed by atoms with van der Waals surface area (Å²) in [5.74, 6) is 0.908. The average Bonchev–Trinajstić information content (AvgIpc) is 2.87. The normalized spacial score (nSPS) is 17.5. The standard InChI is InChI=1S/C14H21N3O2.ClH/c1-19-13-5-3-2-4-12(13)17-9-7-11(10-17)16-14(18)6-8-15;/h2-5,11H,6-10,15H2,1H3,(H,16,18);1H. The molecule has 1 atom stereocenters. The summed E-state index contributed by atoms with van der Waals surface area (Å²) in [6.45, 7) is 2.14. The van der Waals surface area contributed by atoms with E-state index in [0.29, 0.717) is 13.0 Å². The quantitative estimate of drug-likeness (QED) is 0.856. The number of hydrogen-bond acceptors (Lipinski definition) is 4. The van der Waals surface area contributed by atoms with Crippen molar-refractivity contribution in [1.29, 1.82) is 0 Å². The summed E-state index contributed by atoms with van der Waals surface area (Å²) in [4.78, 5) is 13.8. The molecule has 1 fully saturated rings. The molecular formula is C14H22ClN3O2. The van der Waals surface area contributed by atoms with Crippen LogP contribution in [-0.2, 0) is 4.79 Å². The van der Waals surface area contributed by atoms with Crippen LogP contribution in [0.2, 0.25) is 0 Å². The van der Waals surface area contributed by atoms with Gasteiger partial charge in [-0.05, 0) is 18.6 Å². The maximum absolute atomic E-state index is 11.5. The van der Waals surface area contributed by atoms with E-state index in [9.17, 15) is 4.79 Å². The fourth-order valence-electron chi connectivity index (χ4n) is 2.42. The van der Waals surface area contributed by atoms with Gasteiger partial charge < -0.3 is 20.7 Å². The first-order valence-corrected chi connectivity index (χ1v) is 6.62. The van der Waals surface area contributed by atoms with Gasteiger partial charge in [-0.1, -0.05) is 12.1 Å². The Morgan fingerprint density at radius 3 is 2.95 bits per heavy atom. The molecule has 1 aromatic carbocycles. The molecule has 112 valence electrons. The van der Waals surface area contributed by atoms with Gasteiger partial charge in [-0.15, -0.1) is 12.4 Å². The first-order valence-electron chi connectivity index (χ1n) is 6.62. The molecule has 0 bridgehead atoms. The third-order valence-corrected chi connectivity index (χ3v) is 3.35. The lowest BCUT2D eigenvalue weighted by Gasteiger charge is -2.21. The highest BCUT2D eigenvalue weighted by molar-refractivity contribution is 5.85. The summed E-state index contributed by atoms with van der Waals surface area (Å²) in [7, 11) is 1.68. The van der Waals surface area contributed by atoms with Gasteiger partial charge in [-0.3, -0.25) is 4.79 Å². The average molecular weight is 300 g/mol. The van der Waals surface area contributed by atoms with E-state index in [1.807, 2.05) is 24.3 Å². The van der Waals surface area contributed by atoms with Gasteiger partial charge in [0, 0.05) is 32.1 Å². The lowest BCUT2D eigenvalue weighted by molar-refractivity contribution is -0.121. The number of nitrogens with zero attached hydrogens (tertiary/aromatic N) is 1. The topological polar surface area (TPSA) is 67.6 Å². The summed E-state index contributed by atoms with van der Waals surface area (Å²) in [6, 6.07) is 8.15. The van der Waals surface area contributed by atoms with Crippen molar-refractivity contribution >= 4 is 24.0 Å². The fraction of sp³-hybridized carbons (Fsp3) is 0.500. The Labute approximate surface area is 125 Å². The molecule has 0 aromatic heterocycles. The molecule has 1 heterocycles. The van der Waals surface area contributed by atoms with E-state index in [-0.39, 0.29) is 24.4 Å². The summed E-state index contributed by atoms with van der Waals surface area (Å²) < 4.78 is 5.37. The molecular weight excluding hydrogens is 278 g/mol. The van der Waals surface area contributed by atoms with Crippen molar-refractivity contribution in [2.45, 2.75) is 18.9 Å². The summed E-state index contributed by atoms with van der Waals surface area (Å²) >= 11 is 0. The third kappa shape index (κ3) is 4.02. The van der Waals surface area contributed by atoms with Crippen molar-refractivity contribution in [3.63, 3.8) is 0 Å². The summed E-state index contributed by atoms with van der Waals surface area (Å²) in [6.07, 6.45) is 1.35. The summed E-state index contributed by atoms with van der Waals surface area (Å²) in [5.41, 5.74) is 6.46. The molecule has 1 aromatic rings. The second-order valence-corrected chi connectivity index (χ2v) is 4.71. The second kappa shape index (κ2) is 7.97. The minimum absolute atomic E-state index is 0. The maximum atomic E-state index is 11.5. The van der Waals surface area contributed by atoms with Crippen LogP contribution in [0.25, 0.3) is 0 Å². The predicted octanol–water partition coefficient (Wildman–Crippen LogP) is 1.16. The van der Waals surface area contributed by atoms with Gasteiger partial charge in [0.15, 0.2) is 0 Å². The molecule has 1 saturated heterocycles. The highest BCUT2D eigenvalue weighted by Crippen LogP contribution is 2.30. The van der Waals surface area contributed by atoms with Gasteiger partial charge in [0.25, 0.3) is 0 Å². The number of methoxy groups -OCH3 is 1. The van der Waals surface area contributed by atoms with E-state index in [1.165, 1.54) is 0 Å². The number of anilines is 1. The number of carbonyl (C=O) groups is 1. The number of hydrogen-bond donors (Lipinski definition) is 2. The van der Waals surface area contributed by atoms with E-state index >= 15 is 0 Å². The molecule has 6 heteroatoms. The van der Waals surface area contributed by atoms with Crippen molar-refractivity contribution in [3.8, 4) is 5.75 Å². The Kier molecular flexibility index (Phi) is 6.61. The summed E-state index contributed by atoms with van der Waals surface area (Å²) in [5, 5.41) is 3.02. The molecule has 20 heavy (non-hydrogen) atoms. The van der Waals surface area contributed by atoms with Gasteiger partial charge in [-0.2, -0.15) is 0 Å². The van der Waals surface area contributed by atoms with Gasteiger partial charge in [0.2, 0.25) is 5.91 Å². The Balaban J connectivity index is 0.00000200. The van der Waals surface area contributed by atoms with Crippen molar-refractivity contribution in [2.75, 3.05) is 31.6 Å². The van der Waals surface area contributed by atoms with Crippen LogP contribution in [0.5, 0.6) is 5.75 Å². The van der Waals surface area contributed by atoms with Crippen LogP contribution in [0.1, 0.15) is 12.8 Å². The molecule has 0 spiro atoms. The number of carbonyl (C=O) groups excluding carboxylic acids is 1. The molecule has 0 saturated carbocycles. The van der Waals surface area contributed by atoms with Crippen LogP contribution in [0.3, 0.4) is 0 Å². The largest absolute Gasteiger partial charge is 0.495 e. The monoisotopic (exact) mass is 299 g/mol. The molecule has 5 nitrogen and oxygen atoms in total. The zero-order valence-electron chi connectivity index (χ0n) is 11.7. The van der Waals surface area contributed by atoms with Crippen LogP contribution >= 0.6 is 12.4 Å². The molecule has 2 rings (SSSR count). The van der Waals surface area contributed by atoms with Crippen LogP contribution < -0.4 is 20.7 Å². The van der Waals surface area contributed by atoms with E-state index in [1.54, 1.807) is 7.11 Å². The fourth-order valence-corrected chi connectivity index (χ4v) is 2.42. The van der Waals surface area contributed by atoms with Crippen LogP contribution in [0, 0.1) is 0 Å². The number of ether oxygens (including phenoxy) is 1. The van der Waals surface area contributed by atoms with Crippen molar-refractivity contribution < 1.29 is 9.53 Å². The van der Waals surface area contributed by atoms with Gasteiger partial charge in [0.1, 0.15) is 5.75 Å². The predicted molar refractivity (Wildman–Crippen MR) is 82.7 cm³/mol. The molecule has 1 aliphatic rings.